The van der Waals surface area contributed by atoms with Gasteiger partial charge in [0.15, 0.2) is 13.1 Å². The molecule has 0 N–H and O–H groups in total. The fourth-order valence-corrected chi connectivity index (χ4v) is 4.64. The predicted octanol–water partition coefficient (Wildman–Crippen LogP) is 10.9. The van der Waals surface area contributed by atoms with E-state index in [1.807, 2.05) is 0 Å². The minimum absolute atomic E-state index is 0.0210. The third-order valence-corrected chi connectivity index (χ3v) is 7.04. The van der Waals surface area contributed by atoms with Gasteiger partial charge in [-0.15, -0.1) is 0 Å². The molecule has 4 heteroatoms. The summed E-state index contributed by atoms with van der Waals surface area (Å²) in [5, 5.41) is 0. The molecule has 4 nitrogen and oxygen atoms in total. The predicted molar refractivity (Wildman–Crippen MR) is 160 cm³/mol. The molecule has 0 radical (unpaired) electrons. The van der Waals surface area contributed by atoms with Gasteiger partial charge in [-0.3, -0.25) is 0 Å². The van der Waals surface area contributed by atoms with Gasteiger partial charge in [-0.05, 0) is 44.6 Å². The van der Waals surface area contributed by atoms with E-state index in [2.05, 4.69) is 19.9 Å². The molecule has 0 spiro atoms. The van der Waals surface area contributed by atoms with Crippen LogP contribution in [0, 0.1) is 0 Å². The van der Waals surface area contributed by atoms with E-state index in [1.165, 1.54) is 141 Å². The minimum atomic E-state index is 0.0210. The van der Waals surface area contributed by atoms with Crippen LogP contribution in [0.25, 0.3) is 0 Å². The molecule has 0 rings (SSSR count). The second-order valence-electron chi connectivity index (χ2n) is 10.8. The van der Waals surface area contributed by atoms with Crippen molar-refractivity contribution in [2.24, 2.45) is 0 Å². The molecule has 0 atom stereocenters. The molecule has 0 saturated carbocycles. The van der Waals surface area contributed by atoms with Crippen molar-refractivity contribution in [3.63, 3.8) is 0 Å². The van der Waals surface area contributed by atoms with Crippen LogP contribution >= 0.6 is 0 Å². The van der Waals surface area contributed by atoms with E-state index < -0.39 is 0 Å². The third kappa shape index (κ3) is 31.5. The number of rotatable bonds is 32. The summed E-state index contributed by atoms with van der Waals surface area (Å²) in [6, 6.07) is 0. The third-order valence-electron chi connectivity index (χ3n) is 7.04. The van der Waals surface area contributed by atoms with Crippen LogP contribution in [0.1, 0.15) is 168 Å². The van der Waals surface area contributed by atoms with E-state index in [0.717, 1.165) is 26.1 Å². The molecule has 0 amide bonds. The Balaban J connectivity index is 3.73. The van der Waals surface area contributed by atoms with E-state index in [-0.39, 0.29) is 6.29 Å². The van der Waals surface area contributed by atoms with Crippen LogP contribution in [0.5, 0.6) is 0 Å². The topological polar surface area (TPSA) is 36.9 Å². The second kappa shape index (κ2) is 33.4. The number of allylic oxidation sites excluding steroid dienone is 1. The molecule has 0 aromatic rings. The number of ether oxygens (including phenoxy) is 4. The average molecular weight is 527 g/mol. The van der Waals surface area contributed by atoms with Gasteiger partial charge in [0, 0.05) is 20.3 Å². The average Bonchev–Trinajstić information content (AvgIpc) is 2.91. The highest BCUT2D eigenvalue weighted by Crippen LogP contribution is 2.15. The van der Waals surface area contributed by atoms with Crippen LogP contribution < -0.4 is 0 Å². The SMILES string of the molecule is CCCCCCCCOC(CCCCCCCCCCCCC=COCOC)OCCCCCCCC. The van der Waals surface area contributed by atoms with E-state index in [9.17, 15) is 0 Å². The number of methoxy groups -OCH3 is 1. The summed E-state index contributed by atoms with van der Waals surface area (Å²) in [6.45, 7) is 6.63. The van der Waals surface area contributed by atoms with Gasteiger partial charge in [0.1, 0.15) is 0 Å². The maximum Gasteiger partial charge on any atom is 0.187 e. The Kier molecular flexibility index (Phi) is 32.9. The maximum atomic E-state index is 6.18. The zero-order valence-electron chi connectivity index (χ0n) is 25.5. The summed E-state index contributed by atoms with van der Waals surface area (Å²) >= 11 is 0. The first kappa shape index (κ1) is 36.4. The molecular formula is C33H66O4. The van der Waals surface area contributed by atoms with Crippen molar-refractivity contribution < 1.29 is 18.9 Å². The lowest BCUT2D eigenvalue weighted by Crippen LogP contribution is -2.19. The quantitative estimate of drug-likeness (QED) is 0.0496. The highest BCUT2D eigenvalue weighted by atomic mass is 16.7. The second-order valence-corrected chi connectivity index (χ2v) is 10.8. The van der Waals surface area contributed by atoms with Gasteiger partial charge < -0.3 is 18.9 Å². The lowest BCUT2D eigenvalue weighted by Gasteiger charge is -2.19. The van der Waals surface area contributed by atoms with Crippen molar-refractivity contribution in [1.29, 1.82) is 0 Å². The molecule has 0 bridgehead atoms. The van der Waals surface area contributed by atoms with Crippen LogP contribution in [0.15, 0.2) is 12.3 Å². The molecule has 0 heterocycles. The van der Waals surface area contributed by atoms with E-state index in [0.29, 0.717) is 6.79 Å². The maximum absolute atomic E-state index is 6.18. The Bertz CT molecular complexity index is 409. The van der Waals surface area contributed by atoms with Crippen LogP contribution in [-0.2, 0) is 18.9 Å². The van der Waals surface area contributed by atoms with Crippen LogP contribution in [0.3, 0.4) is 0 Å². The molecule has 0 aliphatic heterocycles. The van der Waals surface area contributed by atoms with Crippen molar-refractivity contribution in [2.45, 2.75) is 174 Å². The Morgan fingerprint density at radius 1 is 0.514 bits per heavy atom. The molecule has 0 unspecified atom stereocenters. The minimum Gasteiger partial charge on any atom is -0.476 e. The van der Waals surface area contributed by atoms with E-state index >= 15 is 0 Å². The van der Waals surface area contributed by atoms with Crippen molar-refractivity contribution in [3.05, 3.63) is 12.3 Å². The summed E-state index contributed by atoms with van der Waals surface area (Å²) in [5.74, 6) is 0. The number of hydrogen-bond donors (Lipinski definition) is 0. The summed E-state index contributed by atoms with van der Waals surface area (Å²) in [4.78, 5) is 0. The van der Waals surface area contributed by atoms with E-state index in [1.54, 1.807) is 13.4 Å². The Labute approximate surface area is 232 Å². The molecule has 0 aliphatic rings. The molecule has 0 aromatic heterocycles. The van der Waals surface area contributed by atoms with Gasteiger partial charge in [0.25, 0.3) is 0 Å². The molecular weight excluding hydrogens is 460 g/mol. The van der Waals surface area contributed by atoms with Crippen LogP contribution in [0.2, 0.25) is 0 Å². The number of unbranched alkanes of at least 4 members (excludes halogenated alkanes) is 20. The zero-order chi connectivity index (χ0) is 26.9. The molecule has 37 heavy (non-hydrogen) atoms. The normalized spacial score (nSPS) is 11.8. The van der Waals surface area contributed by atoms with Crippen molar-refractivity contribution in [1.82, 2.24) is 0 Å². The summed E-state index contributed by atoms with van der Waals surface area (Å²) < 4.78 is 22.4. The van der Waals surface area contributed by atoms with Crippen molar-refractivity contribution >= 4 is 0 Å². The van der Waals surface area contributed by atoms with Gasteiger partial charge in [-0.1, -0.05) is 129 Å². The standard InChI is InChI=1S/C33H66O4/c1-4-6-8-10-22-26-30-36-33(37-31-27-23-11-9-7-5-2)28-24-20-18-16-14-12-13-15-17-19-21-25-29-35-32-34-3/h25,29,33H,4-24,26-28,30-32H2,1-3H3. The molecule has 0 aromatic carbocycles. The molecule has 0 saturated heterocycles. The lowest BCUT2D eigenvalue weighted by molar-refractivity contribution is -0.148. The smallest absolute Gasteiger partial charge is 0.187 e. The summed E-state index contributed by atoms with van der Waals surface area (Å²) in [5.41, 5.74) is 0. The Hall–Kier alpha value is -0.580. The fraction of sp³-hybridized carbons (Fsp3) is 0.939. The lowest BCUT2D eigenvalue weighted by atomic mass is 10.1. The van der Waals surface area contributed by atoms with Gasteiger partial charge in [0.2, 0.25) is 0 Å². The van der Waals surface area contributed by atoms with E-state index in [4.69, 9.17) is 18.9 Å². The van der Waals surface area contributed by atoms with Gasteiger partial charge >= 0.3 is 0 Å². The van der Waals surface area contributed by atoms with Crippen LogP contribution in [-0.4, -0.2) is 33.4 Å². The molecule has 0 fully saturated rings. The highest BCUT2D eigenvalue weighted by Gasteiger charge is 2.09. The number of hydrogen-bond acceptors (Lipinski definition) is 4. The molecule has 222 valence electrons. The first-order valence-electron chi connectivity index (χ1n) is 16.3. The van der Waals surface area contributed by atoms with Gasteiger partial charge in [-0.2, -0.15) is 0 Å². The zero-order valence-corrected chi connectivity index (χ0v) is 25.5. The largest absolute Gasteiger partial charge is 0.476 e. The first-order valence-corrected chi connectivity index (χ1v) is 16.3. The Morgan fingerprint density at radius 2 is 0.946 bits per heavy atom. The van der Waals surface area contributed by atoms with Crippen LogP contribution in [0.4, 0.5) is 0 Å². The molecule has 0 aliphatic carbocycles. The fourth-order valence-electron chi connectivity index (χ4n) is 4.64. The summed E-state index contributed by atoms with van der Waals surface area (Å²) in [7, 11) is 1.64. The van der Waals surface area contributed by atoms with Crippen molar-refractivity contribution in [2.75, 3.05) is 27.1 Å². The van der Waals surface area contributed by atoms with Gasteiger partial charge in [0.05, 0.1) is 6.26 Å². The van der Waals surface area contributed by atoms with Gasteiger partial charge in [-0.25, -0.2) is 0 Å². The Morgan fingerprint density at radius 3 is 1.43 bits per heavy atom. The monoisotopic (exact) mass is 526 g/mol. The highest BCUT2D eigenvalue weighted by molar-refractivity contribution is 4.72. The summed E-state index contributed by atoms with van der Waals surface area (Å²) in [6.07, 6.45) is 35.2. The first-order chi connectivity index (χ1) is 18.3. The van der Waals surface area contributed by atoms with Crippen molar-refractivity contribution in [3.8, 4) is 0 Å².